The summed E-state index contributed by atoms with van der Waals surface area (Å²) in [5.74, 6) is -0.868. The Morgan fingerprint density at radius 1 is 1.09 bits per heavy atom. The first-order chi connectivity index (χ1) is 15.5. The molecule has 1 amide bonds. The number of hydrogen-bond acceptors (Lipinski definition) is 5. The van der Waals surface area contributed by atoms with Crippen LogP contribution in [-0.4, -0.2) is 46.6 Å². The Hall–Kier alpha value is -3.12. The van der Waals surface area contributed by atoms with E-state index in [-0.39, 0.29) is 24.5 Å². The lowest BCUT2D eigenvalue weighted by Crippen LogP contribution is -2.30. The predicted octanol–water partition coefficient (Wildman–Crippen LogP) is 3.77. The highest BCUT2D eigenvalue weighted by Gasteiger charge is 2.45. The third-order valence-corrected chi connectivity index (χ3v) is 6.16. The molecule has 1 fully saturated rings. The van der Waals surface area contributed by atoms with Crippen LogP contribution in [-0.2, 0) is 22.4 Å². The van der Waals surface area contributed by atoms with Crippen molar-refractivity contribution >= 4 is 17.4 Å². The maximum atomic E-state index is 13.1. The van der Waals surface area contributed by atoms with Crippen molar-refractivity contribution in [3.8, 4) is 5.75 Å². The van der Waals surface area contributed by atoms with Crippen LogP contribution in [0.25, 0.3) is 5.76 Å². The van der Waals surface area contributed by atoms with Crippen LogP contribution in [0.5, 0.6) is 5.75 Å². The molecule has 6 nitrogen and oxygen atoms in total. The third-order valence-electron chi connectivity index (χ3n) is 6.16. The van der Waals surface area contributed by atoms with Crippen LogP contribution in [0.1, 0.15) is 54.5 Å². The first-order valence-electron chi connectivity index (χ1n) is 11.3. The Morgan fingerprint density at radius 2 is 1.88 bits per heavy atom. The first kappa shape index (κ1) is 22.1. The van der Waals surface area contributed by atoms with Gasteiger partial charge in [-0.2, -0.15) is 0 Å². The monoisotopic (exact) mass is 435 g/mol. The normalized spacial score (nSPS) is 19.8. The highest BCUT2D eigenvalue weighted by atomic mass is 16.5. The molecule has 1 saturated heterocycles. The molecule has 0 saturated carbocycles. The quantitative estimate of drug-likeness (QED) is 0.393. The summed E-state index contributed by atoms with van der Waals surface area (Å²) >= 11 is 0. The number of hydrogen-bond donors (Lipinski definition) is 2. The minimum absolute atomic E-state index is 0.110. The summed E-state index contributed by atoms with van der Waals surface area (Å²) in [6, 6.07) is 12.2. The van der Waals surface area contributed by atoms with Gasteiger partial charge >= 0.3 is 0 Å². The number of aliphatic hydroxyl groups is 2. The zero-order valence-electron chi connectivity index (χ0n) is 18.3. The van der Waals surface area contributed by atoms with E-state index in [1.807, 2.05) is 31.2 Å². The Morgan fingerprint density at radius 3 is 2.62 bits per heavy atom. The summed E-state index contributed by atoms with van der Waals surface area (Å²) in [5.41, 5.74) is 3.84. The molecule has 32 heavy (non-hydrogen) atoms. The van der Waals surface area contributed by atoms with Gasteiger partial charge in [0.25, 0.3) is 11.7 Å². The van der Waals surface area contributed by atoms with Crippen molar-refractivity contribution in [1.29, 1.82) is 0 Å². The fraction of sp³-hybridized carbons (Fsp3) is 0.385. The molecule has 0 aromatic heterocycles. The van der Waals surface area contributed by atoms with E-state index in [1.54, 1.807) is 18.2 Å². The molecule has 0 bridgehead atoms. The van der Waals surface area contributed by atoms with Crippen LogP contribution >= 0.6 is 0 Å². The zero-order valence-corrected chi connectivity index (χ0v) is 18.3. The number of likely N-dealkylation sites (tertiary alicyclic amines) is 1. The van der Waals surface area contributed by atoms with Gasteiger partial charge < -0.3 is 19.8 Å². The second-order valence-corrected chi connectivity index (χ2v) is 8.33. The van der Waals surface area contributed by atoms with Crippen molar-refractivity contribution in [3.05, 3.63) is 70.3 Å². The standard InChI is InChI=1S/C26H29NO5/c1-2-12-27-23(19-8-5-9-21(16-19)32-14-13-28)22(25(30)26(27)31)24(29)20-11-10-17-6-3-4-7-18(17)15-20/h5,8-11,15-16,23,28-29H,2-4,6-7,12-14H2,1H3/b24-22-. The van der Waals surface area contributed by atoms with E-state index in [0.717, 1.165) is 25.7 Å². The van der Waals surface area contributed by atoms with Crippen molar-refractivity contribution in [2.24, 2.45) is 0 Å². The van der Waals surface area contributed by atoms with Gasteiger partial charge in [-0.1, -0.05) is 31.2 Å². The number of amides is 1. The highest BCUT2D eigenvalue weighted by molar-refractivity contribution is 6.46. The molecular formula is C26H29NO5. The van der Waals surface area contributed by atoms with Gasteiger partial charge in [-0.15, -0.1) is 0 Å². The van der Waals surface area contributed by atoms with Crippen LogP contribution in [0.15, 0.2) is 48.0 Å². The van der Waals surface area contributed by atoms with Crippen molar-refractivity contribution in [2.75, 3.05) is 19.8 Å². The third kappa shape index (κ3) is 4.15. The summed E-state index contributed by atoms with van der Waals surface area (Å²) in [6.07, 6.45) is 4.93. The van der Waals surface area contributed by atoms with Crippen molar-refractivity contribution in [1.82, 2.24) is 4.90 Å². The van der Waals surface area contributed by atoms with Gasteiger partial charge in [0.1, 0.15) is 18.1 Å². The van der Waals surface area contributed by atoms with E-state index in [0.29, 0.717) is 29.8 Å². The number of rotatable bonds is 7. The number of aryl methyl sites for hydroxylation is 2. The summed E-state index contributed by atoms with van der Waals surface area (Å²) in [7, 11) is 0. The number of ketones is 1. The van der Waals surface area contributed by atoms with Crippen molar-refractivity contribution in [3.63, 3.8) is 0 Å². The predicted molar refractivity (Wildman–Crippen MR) is 121 cm³/mol. The topological polar surface area (TPSA) is 87.1 Å². The number of benzene rings is 2. The van der Waals surface area contributed by atoms with E-state index in [9.17, 15) is 14.7 Å². The molecule has 0 radical (unpaired) electrons. The second kappa shape index (κ2) is 9.57. The van der Waals surface area contributed by atoms with E-state index in [2.05, 4.69) is 0 Å². The Kier molecular flexibility index (Phi) is 6.61. The van der Waals surface area contributed by atoms with Gasteiger partial charge in [0.15, 0.2) is 0 Å². The van der Waals surface area contributed by atoms with E-state index in [4.69, 9.17) is 9.84 Å². The molecule has 1 atom stereocenters. The van der Waals surface area contributed by atoms with Gasteiger partial charge in [0.2, 0.25) is 0 Å². The van der Waals surface area contributed by atoms with Gasteiger partial charge in [-0.25, -0.2) is 0 Å². The Bertz CT molecular complexity index is 1060. The lowest BCUT2D eigenvalue weighted by molar-refractivity contribution is -0.139. The van der Waals surface area contributed by atoms with Crippen LogP contribution in [0.4, 0.5) is 0 Å². The molecule has 1 aliphatic carbocycles. The van der Waals surface area contributed by atoms with Crippen LogP contribution in [0, 0.1) is 0 Å². The number of nitrogens with zero attached hydrogens (tertiary/aromatic N) is 1. The largest absolute Gasteiger partial charge is 0.507 e. The fourth-order valence-electron chi connectivity index (χ4n) is 4.67. The SMILES string of the molecule is CCCN1C(=O)C(=O)/C(=C(\O)c2ccc3c(c2)CCCC3)C1c1cccc(OCCO)c1. The maximum Gasteiger partial charge on any atom is 0.295 e. The van der Waals surface area contributed by atoms with Gasteiger partial charge in [0, 0.05) is 12.1 Å². The molecular weight excluding hydrogens is 406 g/mol. The number of Topliss-reactive ketones (excluding diaryl/α,β-unsaturated/α-hetero) is 1. The lowest BCUT2D eigenvalue weighted by Gasteiger charge is -2.25. The molecule has 0 spiro atoms. The molecule has 1 unspecified atom stereocenters. The smallest absolute Gasteiger partial charge is 0.295 e. The Balaban J connectivity index is 1.81. The van der Waals surface area contributed by atoms with Crippen LogP contribution < -0.4 is 4.74 Å². The number of carbonyl (C=O) groups excluding carboxylic acids is 2. The van der Waals surface area contributed by atoms with E-state index < -0.39 is 17.7 Å². The molecule has 6 heteroatoms. The molecule has 1 aliphatic heterocycles. The fourth-order valence-corrected chi connectivity index (χ4v) is 4.67. The molecule has 2 aromatic rings. The Labute approximate surface area is 188 Å². The second-order valence-electron chi connectivity index (χ2n) is 8.33. The first-order valence-corrected chi connectivity index (χ1v) is 11.3. The number of carbonyl (C=O) groups is 2. The van der Waals surface area contributed by atoms with Gasteiger partial charge in [-0.05, 0) is 67.0 Å². The molecule has 2 aliphatic rings. The average molecular weight is 436 g/mol. The molecule has 168 valence electrons. The number of fused-ring (bicyclic) bond motifs is 1. The minimum Gasteiger partial charge on any atom is -0.507 e. The van der Waals surface area contributed by atoms with Crippen LogP contribution in [0.3, 0.4) is 0 Å². The zero-order chi connectivity index (χ0) is 22.7. The summed E-state index contributed by atoms with van der Waals surface area (Å²) in [6.45, 7) is 2.38. The molecule has 1 heterocycles. The summed E-state index contributed by atoms with van der Waals surface area (Å²) in [4.78, 5) is 27.5. The number of ether oxygens (including phenoxy) is 1. The molecule has 2 N–H and O–H groups in total. The number of aliphatic hydroxyl groups excluding tert-OH is 2. The summed E-state index contributed by atoms with van der Waals surface area (Å²) < 4.78 is 5.53. The maximum absolute atomic E-state index is 13.1. The van der Waals surface area contributed by atoms with E-state index in [1.165, 1.54) is 16.0 Å². The van der Waals surface area contributed by atoms with Crippen molar-refractivity contribution < 1.29 is 24.5 Å². The van der Waals surface area contributed by atoms with Gasteiger partial charge in [-0.3, -0.25) is 9.59 Å². The van der Waals surface area contributed by atoms with Gasteiger partial charge in [0.05, 0.1) is 18.2 Å². The molecule has 2 aromatic carbocycles. The van der Waals surface area contributed by atoms with Crippen molar-refractivity contribution in [2.45, 2.75) is 45.1 Å². The lowest BCUT2D eigenvalue weighted by atomic mass is 9.88. The highest BCUT2D eigenvalue weighted by Crippen LogP contribution is 2.40. The van der Waals surface area contributed by atoms with E-state index >= 15 is 0 Å². The van der Waals surface area contributed by atoms with Crippen LogP contribution in [0.2, 0.25) is 0 Å². The minimum atomic E-state index is -0.691. The summed E-state index contributed by atoms with van der Waals surface area (Å²) in [5, 5.41) is 20.3. The molecule has 4 rings (SSSR count). The average Bonchev–Trinajstić information content (AvgIpc) is 3.07.